The van der Waals surface area contributed by atoms with Gasteiger partial charge >= 0.3 is 0 Å². The quantitative estimate of drug-likeness (QED) is 0.776. The summed E-state index contributed by atoms with van der Waals surface area (Å²) in [6, 6.07) is 15.8. The maximum absolute atomic E-state index is 12.7. The van der Waals surface area contributed by atoms with Crippen LogP contribution in [0.4, 0.5) is 0 Å². The number of piperidine rings is 1. The van der Waals surface area contributed by atoms with Crippen molar-refractivity contribution in [1.82, 2.24) is 10.2 Å². The molecule has 3 rings (SSSR count). The standard InChI is InChI=1S/C24H30N2O2/c1-17-4-8-20(9-5-17)16-25-24(28)19(3)26-14-12-22(13-15-26)23(27)21-10-6-18(2)7-11-21/h4-11,19,22H,12-16H2,1-3H3,(H,25,28). The molecular formula is C24H30N2O2. The van der Waals surface area contributed by atoms with Gasteiger partial charge in [-0.1, -0.05) is 59.7 Å². The molecule has 0 aliphatic carbocycles. The Bertz CT molecular complexity index is 804. The van der Waals surface area contributed by atoms with E-state index in [1.165, 1.54) is 5.56 Å². The second-order valence-electron chi connectivity index (χ2n) is 7.92. The van der Waals surface area contributed by atoms with Gasteiger partial charge in [0.2, 0.25) is 5.91 Å². The van der Waals surface area contributed by atoms with E-state index >= 15 is 0 Å². The second-order valence-corrected chi connectivity index (χ2v) is 7.92. The number of hydrogen-bond acceptors (Lipinski definition) is 3. The summed E-state index contributed by atoms with van der Waals surface area (Å²) in [5.41, 5.74) is 4.28. The maximum atomic E-state index is 12.7. The van der Waals surface area contributed by atoms with Crippen molar-refractivity contribution < 1.29 is 9.59 Å². The highest BCUT2D eigenvalue weighted by Crippen LogP contribution is 2.23. The minimum absolute atomic E-state index is 0.0453. The molecule has 0 bridgehead atoms. The van der Waals surface area contributed by atoms with Crippen LogP contribution in [0.25, 0.3) is 0 Å². The summed E-state index contributed by atoms with van der Waals surface area (Å²) in [4.78, 5) is 27.4. The van der Waals surface area contributed by atoms with Crippen molar-refractivity contribution >= 4 is 11.7 Å². The number of aryl methyl sites for hydroxylation is 2. The van der Waals surface area contributed by atoms with E-state index in [4.69, 9.17) is 0 Å². The van der Waals surface area contributed by atoms with Crippen LogP contribution in [0.5, 0.6) is 0 Å². The van der Waals surface area contributed by atoms with Gasteiger partial charge in [0.05, 0.1) is 6.04 Å². The van der Waals surface area contributed by atoms with E-state index in [0.717, 1.165) is 42.6 Å². The fourth-order valence-electron chi connectivity index (χ4n) is 3.71. The summed E-state index contributed by atoms with van der Waals surface area (Å²) in [5.74, 6) is 0.335. The van der Waals surface area contributed by atoms with E-state index in [9.17, 15) is 9.59 Å². The van der Waals surface area contributed by atoms with Crippen LogP contribution in [0, 0.1) is 19.8 Å². The molecule has 1 saturated heterocycles. The van der Waals surface area contributed by atoms with Crippen molar-refractivity contribution in [2.24, 2.45) is 5.92 Å². The highest BCUT2D eigenvalue weighted by molar-refractivity contribution is 5.98. The SMILES string of the molecule is Cc1ccc(CNC(=O)C(C)N2CCC(C(=O)c3ccc(C)cc3)CC2)cc1. The average Bonchev–Trinajstić information content (AvgIpc) is 2.73. The molecule has 1 fully saturated rings. The van der Waals surface area contributed by atoms with Crippen LogP contribution >= 0.6 is 0 Å². The number of hydrogen-bond donors (Lipinski definition) is 1. The Labute approximate surface area is 167 Å². The number of nitrogens with one attached hydrogen (secondary N) is 1. The Morgan fingerprint density at radius 3 is 2.07 bits per heavy atom. The summed E-state index contributed by atoms with van der Waals surface area (Å²) in [6.45, 7) is 8.14. The highest BCUT2D eigenvalue weighted by Gasteiger charge is 2.30. The number of rotatable bonds is 6. The third-order valence-corrected chi connectivity index (χ3v) is 5.75. The molecule has 0 saturated carbocycles. The van der Waals surface area contributed by atoms with Gasteiger partial charge in [-0.05, 0) is 52.3 Å². The first-order valence-corrected chi connectivity index (χ1v) is 10.1. The largest absolute Gasteiger partial charge is 0.351 e. The minimum Gasteiger partial charge on any atom is -0.351 e. The maximum Gasteiger partial charge on any atom is 0.237 e. The molecule has 2 aromatic rings. The molecule has 0 aromatic heterocycles. The predicted molar refractivity (Wildman–Crippen MR) is 112 cm³/mol. The Morgan fingerprint density at radius 1 is 0.964 bits per heavy atom. The highest BCUT2D eigenvalue weighted by atomic mass is 16.2. The van der Waals surface area contributed by atoms with Gasteiger partial charge in [-0.3, -0.25) is 14.5 Å². The first kappa shape index (κ1) is 20.3. The molecule has 4 nitrogen and oxygen atoms in total. The summed E-state index contributed by atoms with van der Waals surface area (Å²) in [6.07, 6.45) is 1.62. The summed E-state index contributed by atoms with van der Waals surface area (Å²) in [5, 5.41) is 3.03. The van der Waals surface area contributed by atoms with E-state index in [-0.39, 0.29) is 23.7 Å². The third-order valence-electron chi connectivity index (χ3n) is 5.75. The van der Waals surface area contributed by atoms with Gasteiger partial charge < -0.3 is 5.32 Å². The van der Waals surface area contributed by atoms with Crippen LogP contribution in [0.1, 0.15) is 46.8 Å². The van der Waals surface area contributed by atoms with Gasteiger partial charge in [-0.2, -0.15) is 0 Å². The van der Waals surface area contributed by atoms with Crippen molar-refractivity contribution in [3.05, 3.63) is 70.8 Å². The van der Waals surface area contributed by atoms with E-state index in [1.54, 1.807) is 0 Å². The number of carbonyl (C=O) groups excluding carboxylic acids is 2. The Kier molecular flexibility index (Phi) is 6.63. The monoisotopic (exact) mass is 378 g/mol. The molecule has 0 radical (unpaired) electrons. The van der Waals surface area contributed by atoms with Crippen molar-refractivity contribution in [3.63, 3.8) is 0 Å². The normalized spacial score (nSPS) is 16.5. The number of carbonyl (C=O) groups is 2. The van der Waals surface area contributed by atoms with Crippen LogP contribution in [-0.2, 0) is 11.3 Å². The van der Waals surface area contributed by atoms with Gasteiger partial charge in [-0.25, -0.2) is 0 Å². The zero-order valence-electron chi connectivity index (χ0n) is 17.1. The van der Waals surface area contributed by atoms with E-state index < -0.39 is 0 Å². The molecule has 1 N–H and O–H groups in total. The zero-order chi connectivity index (χ0) is 20.1. The lowest BCUT2D eigenvalue weighted by atomic mass is 9.88. The zero-order valence-corrected chi connectivity index (χ0v) is 17.1. The number of likely N-dealkylation sites (tertiary alicyclic amines) is 1. The van der Waals surface area contributed by atoms with Crippen LogP contribution in [0.15, 0.2) is 48.5 Å². The van der Waals surface area contributed by atoms with Gasteiger partial charge in [-0.15, -0.1) is 0 Å². The van der Waals surface area contributed by atoms with E-state index in [1.807, 2.05) is 50.2 Å². The first-order valence-electron chi connectivity index (χ1n) is 10.1. The fraction of sp³-hybridized carbons (Fsp3) is 0.417. The van der Waals surface area contributed by atoms with Crippen molar-refractivity contribution in [2.75, 3.05) is 13.1 Å². The Hall–Kier alpha value is -2.46. The van der Waals surface area contributed by atoms with Crippen LogP contribution < -0.4 is 5.32 Å². The molecule has 4 heteroatoms. The lowest BCUT2D eigenvalue weighted by Crippen LogP contribution is -2.48. The lowest BCUT2D eigenvalue weighted by Gasteiger charge is -2.34. The first-order chi connectivity index (χ1) is 13.4. The molecule has 1 amide bonds. The molecule has 1 heterocycles. The number of nitrogens with zero attached hydrogens (tertiary/aromatic N) is 1. The summed E-state index contributed by atoms with van der Waals surface area (Å²) >= 11 is 0. The lowest BCUT2D eigenvalue weighted by molar-refractivity contribution is -0.126. The van der Waals surface area contributed by atoms with Crippen LogP contribution in [0.2, 0.25) is 0 Å². The molecule has 1 aliphatic heterocycles. The van der Waals surface area contributed by atoms with E-state index in [0.29, 0.717) is 6.54 Å². The number of amides is 1. The topological polar surface area (TPSA) is 49.4 Å². The van der Waals surface area contributed by atoms with Crippen molar-refractivity contribution in [3.8, 4) is 0 Å². The second kappa shape index (κ2) is 9.16. The molecule has 0 spiro atoms. The molecule has 1 atom stereocenters. The van der Waals surface area contributed by atoms with Gasteiger partial charge in [0, 0.05) is 18.0 Å². The molecule has 28 heavy (non-hydrogen) atoms. The fourth-order valence-corrected chi connectivity index (χ4v) is 3.71. The summed E-state index contributed by atoms with van der Waals surface area (Å²) in [7, 11) is 0. The molecule has 1 aliphatic rings. The average molecular weight is 379 g/mol. The number of Topliss-reactive ketones (excluding diaryl/α,β-unsaturated/α-hetero) is 1. The van der Waals surface area contributed by atoms with Crippen molar-refractivity contribution in [2.45, 2.75) is 46.2 Å². The molecule has 1 unspecified atom stereocenters. The molecule has 2 aromatic carbocycles. The van der Waals surface area contributed by atoms with Crippen LogP contribution in [-0.4, -0.2) is 35.7 Å². The smallest absolute Gasteiger partial charge is 0.237 e. The number of benzene rings is 2. The van der Waals surface area contributed by atoms with Crippen molar-refractivity contribution in [1.29, 1.82) is 0 Å². The Balaban J connectivity index is 1.48. The predicted octanol–water partition coefficient (Wildman–Crippen LogP) is 3.90. The number of ketones is 1. The van der Waals surface area contributed by atoms with E-state index in [2.05, 4.69) is 29.3 Å². The van der Waals surface area contributed by atoms with Gasteiger partial charge in [0.15, 0.2) is 5.78 Å². The van der Waals surface area contributed by atoms with Gasteiger partial charge in [0.1, 0.15) is 0 Å². The molecular weight excluding hydrogens is 348 g/mol. The van der Waals surface area contributed by atoms with Crippen LogP contribution in [0.3, 0.4) is 0 Å². The third kappa shape index (κ3) is 5.08. The summed E-state index contributed by atoms with van der Waals surface area (Å²) < 4.78 is 0. The molecule has 148 valence electrons. The Morgan fingerprint density at radius 2 is 1.50 bits per heavy atom. The van der Waals surface area contributed by atoms with Gasteiger partial charge in [0.25, 0.3) is 0 Å². The minimum atomic E-state index is -0.180.